The third-order valence-corrected chi connectivity index (χ3v) is 5.19. The minimum atomic E-state index is -0.113. The highest BCUT2D eigenvalue weighted by atomic mass is 35.5. The van der Waals surface area contributed by atoms with Crippen LogP contribution in [0.5, 0.6) is 5.75 Å². The second-order valence-corrected chi connectivity index (χ2v) is 6.19. The Hall–Kier alpha value is -1.51. The quantitative estimate of drug-likeness (QED) is 0.755. The SMILES string of the molecule is CC[C@@H]1C(=O)c2c(cc(OC)c(Cl)c2Cl)[C@H]1c1ccccc1. The van der Waals surface area contributed by atoms with Gasteiger partial charge in [-0.2, -0.15) is 0 Å². The normalized spacial score (nSPS) is 20.1. The lowest BCUT2D eigenvalue weighted by Gasteiger charge is -2.19. The first-order chi connectivity index (χ1) is 10.6. The van der Waals surface area contributed by atoms with Crippen molar-refractivity contribution >= 4 is 29.0 Å². The smallest absolute Gasteiger partial charge is 0.168 e. The van der Waals surface area contributed by atoms with Crippen LogP contribution in [-0.4, -0.2) is 12.9 Å². The molecule has 1 aliphatic carbocycles. The number of Topliss-reactive ketones (excluding diaryl/α,β-unsaturated/α-hetero) is 1. The van der Waals surface area contributed by atoms with Gasteiger partial charge in [0, 0.05) is 17.4 Å². The second-order valence-electron chi connectivity index (χ2n) is 5.44. The van der Waals surface area contributed by atoms with E-state index in [-0.39, 0.29) is 17.6 Å². The van der Waals surface area contributed by atoms with Crippen LogP contribution in [0.15, 0.2) is 36.4 Å². The number of benzene rings is 2. The lowest BCUT2D eigenvalue weighted by atomic mass is 9.84. The summed E-state index contributed by atoms with van der Waals surface area (Å²) in [5.41, 5.74) is 2.57. The number of carbonyl (C=O) groups is 1. The summed E-state index contributed by atoms with van der Waals surface area (Å²) < 4.78 is 5.31. The Morgan fingerprint density at radius 3 is 2.41 bits per heavy atom. The molecule has 0 unspecified atom stereocenters. The van der Waals surface area contributed by atoms with E-state index in [1.54, 1.807) is 7.11 Å². The molecule has 0 heterocycles. The minimum Gasteiger partial charge on any atom is -0.495 e. The first-order valence-electron chi connectivity index (χ1n) is 7.25. The van der Waals surface area contributed by atoms with E-state index in [0.717, 1.165) is 17.5 Å². The number of rotatable bonds is 3. The number of halogens is 2. The molecule has 0 fully saturated rings. The summed E-state index contributed by atoms with van der Waals surface area (Å²) in [6.07, 6.45) is 0.753. The number of ether oxygens (including phenoxy) is 1. The van der Waals surface area contributed by atoms with Gasteiger partial charge in [0.05, 0.1) is 12.1 Å². The minimum absolute atomic E-state index is 0.00244. The van der Waals surface area contributed by atoms with E-state index >= 15 is 0 Å². The number of carbonyl (C=O) groups excluding carboxylic acids is 1. The molecule has 2 nitrogen and oxygen atoms in total. The van der Waals surface area contributed by atoms with Gasteiger partial charge < -0.3 is 4.74 Å². The summed E-state index contributed by atoms with van der Waals surface area (Å²) in [6.45, 7) is 2.02. The fourth-order valence-electron chi connectivity index (χ4n) is 3.31. The van der Waals surface area contributed by atoms with Gasteiger partial charge >= 0.3 is 0 Å². The average molecular weight is 335 g/mol. The van der Waals surface area contributed by atoms with E-state index < -0.39 is 0 Å². The summed E-state index contributed by atoms with van der Waals surface area (Å²) in [6, 6.07) is 11.9. The Morgan fingerprint density at radius 2 is 1.82 bits per heavy atom. The molecule has 0 aromatic heterocycles. The molecule has 0 bridgehead atoms. The van der Waals surface area contributed by atoms with E-state index in [9.17, 15) is 4.79 Å². The molecule has 0 amide bonds. The van der Waals surface area contributed by atoms with E-state index in [0.29, 0.717) is 21.4 Å². The molecule has 22 heavy (non-hydrogen) atoms. The first kappa shape index (κ1) is 15.4. The van der Waals surface area contributed by atoms with Crippen LogP contribution < -0.4 is 4.74 Å². The fourth-order valence-corrected chi connectivity index (χ4v) is 3.83. The molecule has 0 N–H and O–H groups in total. The number of hydrogen-bond donors (Lipinski definition) is 0. The second kappa shape index (κ2) is 5.94. The zero-order valence-electron chi connectivity index (χ0n) is 12.4. The van der Waals surface area contributed by atoms with Gasteiger partial charge in [-0.1, -0.05) is 60.5 Å². The van der Waals surface area contributed by atoms with Crippen LogP contribution >= 0.6 is 23.2 Å². The molecular formula is C18H16Cl2O2. The summed E-state index contributed by atoms with van der Waals surface area (Å²) in [5.74, 6) is 0.465. The van der Waals surface area contributed by atoms with Gasteiger partial charge in [-0.3, -0.25) is 4.79 Å². The van der Waals surface area contributed by atoms with E-state index in [2.05, 4.69) is 0 Å². The molecule has 0 aliphatic heterocycles. The van der Waals surface area contributed by atoms with Crippen molar-refractivity contribution in [3.63, 3.8) is 0 Å². The van der Waals surface area contributed by atoms with Crippen LogP contribution in [0, 0.1) is 5.92 Å². The van der Waals surface area contributed by atoms with Crippen molar-refractivity contribution in [1.82, 2.24) is 0 Å². The summed E-state index contributed by atoms with van der Waals surface area (Å²) in [5, 5.41) is 0.609. The number of ketones is 1. The third kappa shape index (κ3) is 2.22. The molecule has 0 saturated carbocycles. The molecule has 0 radical (unpaired) electrons. The van der Waals surface area contributed by atoms with Crippen molar-refractivity contribution in [2.24, 2.45) is 5.92 Å². The number of fused-ring (bicyclic) bond motifs is 1. The highest BCUT2D eigenvalue weighted by Gasteiger charge is 2.42. The molecular weight excluding hydrogens is 319 g/mol. The first-order valence-corrected chi connectivity index (χ1v) is 8.00. The highest BCUT2D eigenvalue weighted by Crippen LogP contribution is 2.50. The Morgan fingerprint density at radius 1 is 1.14 bits per heavy atom. The zero-order chi connectivity index (χ0) is 15.9. The maximum atomic E-state index is 12.8. The molecule has 2 atom stereocenters. The van der Waals surface area contributed by atoms with E-state index in [1.165, 1.54) is 0 Å². The molecule has 0 spiro atoms. The average Bonchev–Trinajstić information content (AvgIpc) is 2.83. The van der Waals surface area contributed by atoms with Gasteiger partial charge in [0.2, 0.25) is 0 Å². The van der Waals surface area contributed by atoms with Crippen LogP contribution in [-0.2, 0) is 0 Å². The highest BCUT2D eigenvalue weighted by molar-refractivity contribution is 6.45. The monoisotopic (exact) mass is 334 g/mol. The summed E-state index contributed by atoms with van der Waals surface area (Å²) >= 11 is 12.6. The molecule has 3 rings (SSSR count). The molecule has 114 valence electrons. The predicted octanol–water partition coefficient (Wildman–Crippen LogP) is 5.36. The number of hydrogen-bond acceptors (Lipinski definition) is 2. The molecule has 4 heteroatoms. The topological polar surface area (TPSA) is 26.3 Å². The number of methoxy groups -OCH3 is 1. The van der Waals surface area contributed by atoms with Gasteiger partial charge in [0.15, 0.2) is 5.78 Å². The Labute approximate surface area is 140 Å². The van der Waals surface area contributed by atoms with Crippen molar-refractivity contribution in [2.45, 2.75) is 19.3 Å². The van der Waals surface area contributed by atoms with Gasteiger partial charge in [-0.15, -0.1) is 0 Å². The van der Waals surface area contributed by atoms with Crippen molar-refractivity contribution < 1.29 is 9.53 Å². The van der Waals surface area contributed by atoms with Crippen LogP contribution in [0.25, 0.3) is 0 Å². The molecule has 1 aliphatic rings. The zero-order valence-corrected chi connectivity index (χ0v) is 13.9. The van der Waals surface area contributed by atoms with Gasteiger partial charge in [-0.25, -0.2) is 0 Å². The lowest BCUT2D eigenvalue weighted by Crippen LogP contribution is -2.13. The largest absolute Gasteiger partial charge is 0.495 e. The Balaban J connectivity index is 2.26. The van der Waals surface area contributed by atoms with Crippen LogP contribution in [0.1, 0.15) is 40.7 Å². The van der Waals surface area contributed by atoms with Gasteiger partial charge in [0.25, 0.3) is 0 Å². The molecule has 0 saturated heterocycles. The van der Waals surface area contributed by atoms with Crippen molar-refractivity contribution in [3.05, 3.63) is 63.1 Å². The summed E-state index contributed by atoms with van der Waals surface area (Å²) in [7, 11) is 1.55. The fraction of sp³-hybridized carbons (Fsp3) is 0.278. The van der Waals surface area contributed by atoms with Gasteiger partial charge in [-0.05, 0) is 23.6 Å². The van der Waals surface area contributed by atoms with Crippen molar-refractivity contribution in [3.8, 4) is 5.75 Å². The summed E-state index contributed by atoms with van der Waals surface area (Å²) in [4.78, 5) is 12.8. The van der Waals surface area contributed by atoms with Gasteiger partial charge in [0.1, 0.15) is 10.8 Å². The maximum Gasteiger partial charge on any atom is 0.168 e. The van der Waals surface area contributed by atoms with E-state index in [1.807, 2.05) is 43.3 Å². The molecule has 2 aromatic rings. The van der Waals surface area contributed by atoms with Crippen LogP contribution in [0.2, 0.25) is 10.0 Å². The Kier molecular flexibility index (Phi) is 4.16. The maximum absolute atomic E-state index is 12.8. The molecule has 2 aromatic carbocycles. The van der Waals surface area contributed by atoms with Crippen LogP contribution in [0.3, 0.4) is 0 Å². The third-order valence-electron chi connectivity index (χ3n) is 4.34. The van der Waals surface area contributed by atoms with E-state index in [4.69, 9.17) is 27.9 Å². The van der Waals surface area contributed by atoms with Crippen molar-refractivity contribution in [1.29, 1.82) is 0 Å². The van der Waals surface area contributed by atoms with Crippen LogP contribution in [0.4, 0.5) is 0 Å². The lowest BCUT2D eigenvalue weighted by molar-refractivity contribution is 0.0926. The predicted molar refractivity (Wildman–Crippen MR) is 89.4 cm³/mol. The standard InChI is InChI=1S/C18H16Cl2O2/c1-3-11-14(10-7-5-4-6-8-10)12-9-13(22-2)16(19)17(20)15(12)18(11)21/h4-9,11,14H,3H2,1-2H3/t11-,14-/m0/s1. The Bertz CT molecular complexity index is 726. The van der Waals surface area contributed by atoms with Crippen molar-refractivity contribution in [2.75, 3.05) is 7.11 Å².